The highest BCUT2D eigenvalue weighted by Gasteiger charge is 2.10. The third-order valence-corrected chi connectivity index (χ3v) is 3.57. The number of ether oxygens (including phenoxy) is 1. The van der Waals surface area contributed by atoms with Crippen molar-refractivity contribution < 1.29 is 13.5 Å². The molecular formula is C17H22FNO2. The van der Waals surface area contributed by atoms with E-state index in [1.54, 1.807) is 20.1 Å². The summed E-state index contributed by atoms with van der Waals surface area (Å²) in [6.07, 6.45) is 0.951. The van der Waals surface area contributed by atoms with Crippen LogP contribution in [0.3, 0.4) is 0 Å². The summed E-state index contributed by atoms with van der Waals surface area (Å²) in [5, 5.41) is 3.38. The highest BCUT2D eigenvalue weighted by Crippen LogP contribution is 2.26. The van der Waals surface area contributed by atoms with Crippen LogP contribution in [0, 0.1) is 12.7 Å². The second kappa shape index (κ2) is 7.38. The van der Waals surface area contributed by atoms with Gasteiger partial charge in [-0.3, -0.25) is 0 Å². The summed E-state index contributed by atoms with van der Waals surface area (Å²) in [6.45, 7) is 5.26. The van der Waals surface area contributed by atoms with Crippen molar-refractivity contribution in [1.29, 1.82) is 0 Å². The summed E-state index contributed by atoms with van der Waals surface area (Å²) in [5.74, 6) is 1.34. The Balaban J connectivity index is 2.00. The first-order chi connectivity index (χ1) is 10.1. The van der Waals surface area contributed by atoms with Gasteiger partial charge in [0, 0.05) is 25.3 Å². The average Bonchev–Trinajstić information content (AvgIpc) is 2.94. The molecule has 0 saturated carbocycles. The highest BCUT2D eigenvalue weighted by molar-refractivity contribution is 5.62. The fourth-order valence-corrected chi connectivity index (χ4v) is 2.16. The van der Waals surface area contributed by atoms with Gasteiger partial charge >= 0.3 is 0 Å². The first kappa shape index (κ1) is 15.7. The van der Waals surface area contributed by atoms with Crippen LogP contribution in [0.25, 0.3) is 11.3 Å². The van der Waals surface area contributed by atoms with Gasteiger partial charge in [0.1, 0.15) is 17.3 Å². The van der Waals surface area contributed by atoms with Crippen molar-refractivity contribution in [3.63, 3.8) is 0 Å². The predicted octanol–water partition coefficient (Wildman–Crippen LogP) is 3.91. The molecule has 0 aliphatic heterocycles. The Morgan fingerprint density at radius 1 is 1.29 bits per heavy atom. The number of halogens is 1. The van der Waals surface area contributed by atoms with Gasteiger partial charge in [-0.05, 0) is 44.0 Å². The van der Waals surface area contributed by atoms with Crippen LogP contribution in [0.5, 0.6) is 0 Å². The minimum Gasteiger partial charge on any atom is -0.460 e. The Morgan fingerprint density at radius 3 is 2.86 bits per heavy atom. The zero-order valence-corrected chi connectivity index (χ0v) is 12.8. The Morgan fingerprint density at radius 2 is 2.10 bits per heavy atom. The Bertz CT molecular complexity index is 580. The molecule has 0 amide bonds. The maximum atomic E-state index is 13.6. The fraction of sp³-hybridized carbons (Fsp3) is 0.412. The van der Waals surface area contributed by atoms with Gasteiger partial charge in [0.2, 0.25) is 0 Å². The standard InChI is InChI=1S/C17H22FNO2/c1-12(9-10-20-3)19-11-14-7-8-17(21-14)15-5-4-6-16(18)13(15)2/h4-8,12,19H,9-11H2,1-3H3. The van der Waals surface area contributed by atoms with Crippen LogP contribution in [-0.2, 0) is 11.3 Å². The molecule has 0 aliphatic rings. The van der Waals surface area contributed by atoms with E-state index in [0.29, 0.717) is 23.9 Å². The number of hydrogen-bond acceptors (Lipinski definition) is 3. The number of methoxy groups -OCH3 is 1. The van der Waals surface area contributed by atoms with Crippen molar-refractivity contribution in [2.45, 2.75) is 32.9 Å². The molecule has 0 saturated heterocycles. The van der Waals surface area contributed by atoms with E-state index in [-0.39, 0.29) is 5.82 Å². The second-order valence-electron chi connectivity index (χ2n) is 5.24. The lowest BCUT2D eigenvalue weighted by Crippen LogP contribution is -2.26. The number of benzene rings is 1. The molecule has 2 aromatic rings. The van der Waals surface area contributed by atoms with E-state index in [9.17, 15) is 4.39 Å². The van der Waals surface area contributed by atoms with E-state index >= 15 is 0 Å². The van der Waals surface area contributed by atoms with Crippen molar-refractivity contribution in [2.75, 3.05) is 13.7 Å². The average molecular weight is 291 g/mol. The summed E-state index contributed by atoms with van der Waals surface area (Å²) < 4.78 is 24.4. The van der Waals surface area contributed by atoms with Crippen LogP contribution in [0.2, 0.25) is 0 Å². The molecule has 114 valence electrons. The van der Waals surface area contributed by atoms with Crippen molar-refractivity contribution in [2.24, 2.45) is 0 Å². The van der Waals surface area contributed by atoms with E-state index < -0.39 is 0 Å². The molecular weight excluding hydrogens is 269 g/mol. The van der Waals surface area contributed by atoms with Gasteiger partial charge < -0.3 is 14.5 Å². The SMILES string of the molecule is COCCC(C)NCc1ccc(-c2cccc(F)c2C)o1. The summed E-state index contributed by atoms with van der Waals surface area (Å²) in [6, 6.07) is 9.20. The van der Waals surface area contributed by atoms with E-state index in [2.05, 4.69) is 12.2 Å². The minimum absolute atomic E-state index is 0.211. The molecule has 1 N–H and O–H groups in total. The van der Waals surface area contributed by atoms with Gasteiger partial charge in [0.05, 0.1) is 6.54 Å². The third kappa shape index (κ3) is 4.16. The van der Waals surface area contributed by atoms with Crippen LogP contribution in [-0.4, -0.2) is 19.8 Å². The zero-order valence-electron chi connectivity index (χ0n) is 12.8. The smallest absolute Gasteiger partial charge is 0.134 e. The number of nitrogens with one attached hydrogen (secondary N) is 1. The highest BCUT2D eigenvalue weighted by atomic mass is 19.1. The van der Waals surface area contributed by atoms with E-state index in [1.165, 1.54) is 6.07 Å². The van der Waals surface area contributed by atoms with Crippen LogP contribution >= 0.6 is 0 Å². The molecule has 4 heteroatoms. The van der Waals surface area contributed by atoms with Gasteiger partial charge in [-0.1, -0.05) is 12.1 Å². The lowest BCUT2D eigenvalue weighted by Gasteiger charge is -2.11. The lowest BCUT2D eigenvalue weighted by atomic mass is 10.1. The van der Waals surface area contributed by atoms with Gasteiger partial charge in [0.15, 0.2) is 0 Å². The summed E-state index contributed by atoms with van der Waals surface area (Å²) >= 11 is 0. The first-order valence-corrected chi connectivity index (χ1v) is 7.18. The Hall–Kier alpha value is -1.65. The van der Waals surface area contributed by atoms with Crippen molar-refractivity contribution >= 4 is 0 Å². The van der Waals surface area contributed by atoms with E-state index in [1.807, 2.05) is 18.2 Å². The molecule has 0 fully saturated rings. The van der Waals surface area contributed by atoms with Crippen molar-refractivity contribution in [1.82, 2.24) is 5.32 Å². The van der Waals surface area contributed by atoms with E-state index in [4.69, 9.17) is 9.15 Å². The largest absolute Gasteiger partial charge is 0.460 e. The molecule has 0 aliphatic carbocycles. The molecule has 0 radical (unpaired) electrons. The normalized spacial score (nSPS) is 12.6. The minimum atomic E-state index is -0.211. The molecule has 1 unspecified atom stereocenters. The molecule has 0 bridgehead atoms. The number of rotatable bonds is 7. The zero-order chi connectivity index (χ0) is 15.2. The van der Waals surface area contributed by atoms with Gasteiger partial charge in [0.25, 0.3) is 0 Å². The first-order valence-electron chi connectivity index (χ1n) is 7.18. The monoisotopic (exact) mass is 291 g/mol. The number of furan rings is 1. The molecule has 3 nitrogen and oxygen atoms in total. The van der Waals surface area contributed by atoms with Gasteiger partial charge in [-0.25, -0.2) is 4.39 Å². The molecule has 21 heavy (non-hydrogen) atoms. The van der Waals surface area contributed by atoms with Crippen LogP contribution < -0.4 is 5.32 Å². The quantitative estimate of drug-likeness (QED) is 0.840. The molecule has 1 heterocycles. The molecule has 1 aromatic carbocycles. The molecule has 1 aromatic heterocycles. The van der Waals surface area contributed by atoms with Gasteiger partial charge in [-0.15, -0.1) is 0 Å². The maximum absolute atomic E-state index is 13.6. The Kier molecular flexibility index (Phi) is 5.53. The topological polar surface area (TPSA) is 34.4 Å². The maximum Gasteiger partial charge on any atom is 0.134 e. The third-order valence-electron chi connectivity index (χ3n) is 3.57. The van der Waals surface area contributed by atoms with Crippen molar-refractivity contribution in [3.8, 4) is 11.3 Å². The second-order valence-corrected chi connectivity index (χ2v) is 5.24. The molecule has 0 spiro atoms. The lowest BCUT2D eigenvalue weighted by molar-refractivity contribution is 0.184. The summed E-state index contributed by atoms with van der Waals surface area (Å²) in [4.78, 5) is 0. The summed E-state index contributed by atoms with van der Waals surface area (Å²) in [5.41, 5.74) is 1.41. The van der Waals surface area contributed by atoms with Crippen LogP contribution in [0.4, 0.5) is 4.39 Å². The molecule has 2 rings (SSSR count). The molecule has 1 atom stereocenters. The van der Waals surface area contributed by atoms with Crippen molar-refractivity contribution in [3.05, 3.63) is 47.5 Å². The van der Waals surface area contributed by atoms with E-state index in [0.717, 1.165) is 24.4 Å². The Labute approximate surface area is 125 Å². The summed E-state index contributed by atoms with van der Waals surface area (Å²) in [7, 11) is 1.70. The fourth-order valence-electron chi connectivity index (χ4n) is 2.16. The van der Waals surface area contributed by atoms with Crippen LogP contribution in [0.1, 0.15) is 24.7 Å². The predicted molar refractivity (Wildman–Crippen MR) is 81.6 cm³/mol. The van der Waals surface area contributed by atoms with Gasteiger partial charge in [-0.2, -0.15) is 0 Å². The number of hydrogen-bond donors (Lipinski definition) is 1. The van der Waals surface area contributed by atoms with Crippen LogP contribution in [0.15, 0.2) is 34.7 Å².